The van der Waals surface area contributed by atoms with Gasteiger partial charge in [-0.05, 0) is 31.0 Å². The molecule has 0 aromatic heterocycles. The number of rotatable bonds is 8. The molecule has 1 aliphatic heterocycles. The topological polar surface area (TPSA) is 94.2 Å². The van der Waals surface area contributed by atoms with Crippen molar-refractivity contribution in [2.75, 3.05) is 39.2 Å². The number of likely N-dealkylation sites (N-methyl/N-ethyl adjacent to an activating group) is 1. The van der Waals surface area contributed by atoms with Gasteiger partial charge in [-0.25, -0.2) is 0 Å². The SMILES string of the molecule is CN(CC(=O)NC1CC1)C(=O)COC(=O)CSc1ccc2c(c1)OCCO2. The summed E-state index contributed by atoms with van der Waals surface area (Å²) in [6, 6.07) is 5.69. The van der Waals surface area contributed by atoms with Gasteiger partial charge in [-0.1, -0.05) is 0 Å². The van der Waals surface area contributed by atoms with Crippen molar-refractivity contribution < 1.29 is 28.6 Å². The summed E-state index contributed by atoms with van der Waals surface area (Å²) in [6.45, 7) is 0.598. The molecule has 1 saturated carbocycles. The Balaban J connectivity index is 1.36. The molecule has 1 aliphatic carbocycles. The third-order valence-electron chi connectivity index (χ3n) is 3.98. The molecule has 146 valence electrons. The van der Waals surface area contributed by atoms with Crippen LogP contribution >= 0.6 is 11.8 Å². The van der Waals surface area contributed by atoms with E-state index in [4.69, 9.17) is 14.2 Å². The molecule has 1 N–H and O–H groups in total. The van der Waals surface area contributed by atoms with Gasteiger partial charge in [0.1, 0.15) is 13.2 Å². The monoisotopic (exact) mass is 394 g/mol. The second-order valence-corrected chi connectivity index (χ2v) is 7.40. The van der Waals surface area contributed by atoms with Crippen molar-refractivity contribution in [1.29, 1.82) is 0 Å². The molecule has 0 bridgehead atoms. The van der Waals surface area contributed by atoms with Crippen LogP contribution in [0.25, 0.3) is 0 Å². The molecule has 0 atom stereocenters. The molecule has 1 aromatic carbocycles. The second-order valence-electron chi connectivity index (χ2n) is 6.35. The molecule has 0 spiro atoms. The van der Waals surface area contributed by atoms with Crippen LogP contribution in [-0.2, 0) is 19.1 Å². The predicted molar refractivity (Wildman–Crippen MR) is 97.9 cm³/mol. The Kier molecular flexibility index (Phi) is 6.44. The lowest BCUT2D eigenvalue weighted by atomic mass is 10.3. The zero-order valence-electron chi connectivity index (χ0n) is 15.1. The fourth-order valence-corrected chi connectivity index (χ4v) is 3.08. The van der Waals surface area contributed by atoms with Gasteiger partial charge in [0.15, 0.2) is 18.1 Å². The van der Waals surface area contributed by atoms with Crippen molar-refractivity contribution in [3.8, 4) is 11.5 Å². The third kappa shape index (κ3) is 6.06. The number of hydrogen-bond acceptors (Lipinski definition) is 7. The van der Waals surface area contributed by atoms with Gasteiger partial charge in [-0.15, -0.1) is 11.8 Å². The molecule has 1 fully saturated rings. The first-order valence-electron chi connectivity index (χ1n) is 8.72. The lowest BCUT2D eigenvalue weighted by molar-refractivity contribution is -0.149. The second kappa shape index (κ2) is 8.98. The van der Waals surface area contributed by atoms with Crippen molar-refractivity contribution in [3.05, 3.63) is 18.2 Å². The quantitative estimate of drug-likeness (QED) is 0.516. The van der Waals surface area contributed by atoms with Gasteiger partial charge in [0.25, 0.3) is 5.91 Å². The highest BCUT2D eigenvalue weighted by atomic mass is 32.2. The lowest BCUT2D eigenvalue weighted by Crippen LogP contribution is -2.40. The minimum absolute atomic E-state index is 0.0428. The Hall–Kier alpha value is -2.42. The molecule has 1 aromatic rings. The Labute approximate surface area is 161 Å². The summed E-state index contributed by atoms with van der Waals surface area (Å²) in [5, 5.41) is 2.80. The molecule has 1 heterocycles. The number of nitrogens with one attached hydrogen (secondary N) is 1. The van der Waals surface area contributed by atoms with E-state index in [1.807, 2.05) is 12.1 Å². The number of carbonyl (C=O) groups is 3. The third-order valence-corrected chi connectivity index (χ3v) is 4.94. The number of amides is 2. The summed E-state index contributed by atoms with van der Waals surface area (Å²) in [6.07, 6.45) is 1.98. The van der Waals surface area contributed by atoms with Crippen molar-refractivity contribution in [2.45, 2.75) is 23.8 Å². The highest BCUT2D eigenvalue weighted by molar-refractivity contribution is 8.00. The highest BCUT2D eigenvalue weighted by Gasteiger charge is 2.24. The van der Waals surface area contributed by atoms with Gasteiger partial charge in [-0.2, -0.15) is 0 Å². The standard InChI is InChI=1S/C18H22N2O6S/c1-20(9-16(21)19-12-2-3-12)17(22)10-26-18(23)11-27-13-4-5-14-15(8-13)25-7-6-24-14/h4-5,8,12H,2-3,6-7,9-11H2,1H3,(H,19,21). The first kappa shape index (κ1) is 19.3. The lowest BCUT2D eigenvalue weighted by Gasteiger charge is -2.18. The number of hydrogen-bond donors (Lipinski definition) is 1. The van der Waals surface area contributed by atoms with Gasteiger partial charge < -0.3 is 24.4 Å². The van der Waals surface area contributed by atoms with Gasteiger partial charge in [-0.3, -0.25) is 14.4 Å². The average Bonchev–Trinajstić information content (AvgIpc) is 3.47. The number of nitrogens with zero attached hydrogens (tertiary/aromatic N) is 1. The van der Waals surface area contributed by atoms with Gasteiger partial charge in [0.2, 0.25) is 5.91 Å². The smallest absolute Gasteiger partial charge is 0.316 e. The Morgan fingerprint density at radius 3 is 2.70 bits per heavy atom. The largest absolute Gasteiger partial charge is 0.486 e. The number of benzene rings is 1. The Bertz CT molecular complexity index is 722. The Morgan fingerprint density at radius 1 is 1.22 bits per heavy atom. The number of carbonyl (C=O) groups excluding carboxylic acids is 3. The molecule has 8 nitrogen and oxygen atoms in total. The van der Waals surface area contributed by atoms with E-state index in [1.54, 1.807) is 6.07 Å². The van der Waals surface area contributed by atoms with Gasteiger partial charge >= 0.3 is 5.97 Å². The van der Waals surface area contributed by atoms with E-state index in [-0.39, 0.29) is 30.9 Å². The zero-order valence-corrected chi connectivity index (χ0v) is 15.9. The summed E-state index contributed by atoms with van der Waals surface area (Å²) in [4.78, 5) is 37.6. The van der Waals surface area contributed by atoms with Crippen LogP contribution in [0.2, 0.25) is 0 Å². The van der Waals surface area contributed by atoms with E-state index in [0.29, 0.717) is 24.7 Å². The average molecular weight is 394 g/mol. The number of esters is 1. The van der Waals surface area contributed by atoms with E-state index < -0.39 is 11.9 Å². The van der Waals surface area contributed by atoms with Gasteiger partial charge in [0, 0.05) is 18.0 Å². The van der Waals surface area contributed by atoms with E-state index >= 15 is 0 Å². The highest BCUT2D eigenvalue weighted by Crippen LogP contribution is 2.34. The molecular formula is C18H22N2O6S. The summed E-state index contributed by atoms with van der Waals surface area (Å²) < 4.78 is 15.9. The molecule has 27 heavy (non-hydrogen) atoms. The van der Waals surface area contributed by atoms with Crippen LogP contribution in [0.3, 0.4) is 0 Å². The molecule has 0 saturated heterocycles. The summed E-state index contributed by atoms with van der Waals surface area (Å²) in [5.74, 6) is 0.290. The molecule has 2 amide bonds. The van der Waals surface area contributed by atoms with Crippen molar-refractivity contribution in [3.63, 3.8) is 0 Å². The van der Waals surface area contributed by atoms with Crippen LogP contribution in [0.4, 0.5) is 0 Å². The van der Waals surface area contributed by atoms with Crippen LogP contribution in [-0.4, -0.2) is 67.9 Å². The summed E-state index contributed by atoms with van der Waals surface area (Å²) >= 11 is 1.29. The first-order chi connectivity index (χ1) is 13.0. The maximum absolute atomic E-state index is 12.0. The summed E-state index contributed by atoms with van der Waals surface area (Å²) in [5.41, 5.74) is 0. The minimum atomic E-state index is -0.501. The van der Waals surface area contributed by atoms with Crippen LogP contribution in [0, 0.1) is 0 Å². The number of thioether (sulfide) groups is 1. The zero-order chi connectivity index (χ0) is 19.2. The summed E-state index contributed by atoms with van der Waals surface area (Å²) in [7, 11) is 1.51. The molecule has 9 heteroatoms. The van der Waals surface area contributed by atoms with Crippen molar-refractivity contribution in [1.82, 2.24) is 10.2 Å². The molecule has 0 unspecified atom stereocenters. The molecule has 0 radical (unpaired) electrons. The fraction of sp³-hybridized carbons (Fsp3) is 0.500. The van der Waals surface area contributed by atoms with E-state index in [1.165, 1.54) is 23.7 Å². The van der Waals surface area contributed by atoms with Crippen LogP contribution in [0.5, 0.6) is 11.5 Å². The van der Waals surface area contributed by atoms with E-state index in [9.17, 15) is 14.4 Å². The van der Waals surface area contributed by atoms with Crippen LogP contribution in [0.1, 0.15) is 12.8 Å². The Morgan fingerprint density at radius 2 is 1.96 bits per heavy atom. The fourth-order valence-electron chi connectivity index (χ4n) is 2.35. The van der Waals surface area contributed by atoms with Gasteiger partial charge in [0.05, 0.1) is 12.3 Å². The van der Waals surface area contributed by atoms with E-state index in [2.05, 4.69) is 5.32 Å². The molecular weight excluding hydrogens is 372 g/mol. The maximum Gasteiger partial charge on any atom is 0.316 e. The minimum Gasteiger partial charge on any atom is -0.486 e. The first-order valence-corrected chi connectivity index (χ1v) is 9.71. The van der Waals surface area contributed by atoms with Crippen molar-refractivity contribution >= 4 is 29.5 Å². The maximum atomic E-state index is 12.0. The predicted octanol–water partition coefficient (Wildman–Crippen LogP) is 0.830. The van der Waals surface area contributed by atoms with E-state index in [0.717, 1.165) is 17.7 Å². The molecule has 2 aliphatic rings. The van der Waals surface area contributed by atoms with Crippen molar-refractivity contribution in [2.24, 2.45) is 0 Å². The van der Waals surface area contributed by atoms with Crippen LogP contribution in [0.15, 0.2) is 23.1 Å². The normalized spacial score (nSPS) is 15.0. The molecule has 3 rings (SSSR count). The number of ether oxygens (including phenoxy) is 3. The number of fused-ring (bicyclic) bond motifs is 1. The van der Waals surface area contributed by atoms with Crippen LogP contribution < -0.4 is 14.8 Å².